The second-order valence-corrected chi connectivity index (χ2v) is 9.66. The highest BCUT2D eigenvalue weighted by molar-refractivity contribution is 7.91. The summed E-state index contributed by atoms with van der Waals surface area (Å²) < 4.78 is 81.7. The van der Waals surface area contributed by atoms with Crippen molar-refractivity contribution in [3.63, 3.8) is 0 Å². The summed E-state index contributed by atoms with van der Waals surface area (Å²) in [4.78, 5) is 19.5. The van der Waals surface area contributed by atoms with Crippen LogP contribution < -0.4 is 19.5 Å². The number of halogens is 3. The van der Waals surface area contributed by atoms with Crippen molar-refractivity contribution in [3.05, 3.63) is 54.2 Å². The van der Waals surface area contributed by atoms with Crippen molar-refractivity contribution >= 4 is 21.4 Å². The Morgan fingerprint density at radius 1 is 0.919 bits per heavy atom. The zero-order chi connectivity index (χ0) is 27.2. The Morgan fingerprint density at radius 2 is 1.59 bits per heavy atom. The number of methoxy groups -OCH3 is 3. The van der Waals surface area contributed by atoms with Gasteiger partial charge in [0.05, 0.1) is 32.8 Å². The molecule has 0 aliphatic rings. The van der Waals surface area contributed by atoms with E-state index in [2.05, 4.69) is 15.3 Å². The van der Waals surface area contributed by atoms with Gasteiger partial charge in [0, 0.05) is 23.7 Å². The Hall–Kier alpha value is -3.87. The molecule has 1 amide bonds. The molecular formula is C24H24F3N3O6S. The lowest BCUT2D eigenvalue weighted by molar-refractivity contribution is -0.141. The van der Waals surface area contributed by atoms with Crippen molar-refractivity contribution in [3.8, 4) is 28.5 Å². The largest absolute Gasteiger partial charge is 0.496 e. The zero-order valence-corrected chi connectivity index (χ0v) is 20.9. The summed E-state index contributed by atoms with van der Waals surface area (Å²) >= 11 is 0. The van der Waals surface area contributed by atoms with Gasteiger partial charge < -0.3 is 19.5 Å². The average Bonchev–Trinajstić information content (AvgIpc) is 2.87. The summed E-state index contributed by atoms with van der Waals surface area (Å²) in [5, 5.41) is 1.62. The van der Waals surface area contributed by atoms with E-state index in [0.29, 0.717) is 23.3 Å². The molecule has 0 radical (unpaired) electrons. The summed E-state index contributed by atoms with van der Waals surface area (Å²) in [5.74, 6) is -0.0823. The van der Waals surface area contributed by atoms with Crippen molar-refractivity contribution in [1.29, 1.82) is 0 Å². The number of alkyl halides is 3. The molecule has 9 nitrogen and oxygen atoms in total. The molecule has 37 heavy (non-hydrogen) atoms. The number of nitrogens with one attached hydrogen (secondary N) is 1. The number of benzene rings is 2. The number of rotatable bonds is 10. The third kappa shape index (κ3) is 6.88. The fourth-order valence-electron chi connectivity index (χ4n) is 3.36. The number of nitrogens with zero attached hydrogens (tertiary/aromatic N) is 2. The number of para-hydroxylation sites is 1. The third-order valence-corrected chi connectivity index (χ3v) is 6.71. The molecule has 0 saturated heterocycles. The van der Waals surface area contributed by atoms with E-state index >= 15 is 0 Å². The smallest absolute Gasteiger partial charge is 0.433 e. The molecule has 0 spiro atoms. The van der Waals surface area contributed by atoms with E-state index < -0.39 is 38.5 Å². The predicted molar refractivity (Wildman–Crippen MR) is 128 cm³/mol. The summed E-state index contributed by atoms with van der Waals surface area (Å²) in [7, 11) is -0.136. The molecule has 3 rings (SSSR count). The van der Waals surface area contributed by atoms with Gasteiger partial charge in [0.2, 0.25) is 20.9 Å². The topological polar surface area (TPSA) is 117 Å². The molecule has 3 aromatic rings. The highest BCUT2D eigenvalue weighted by atomic mass is 32.2. The Labute approximate surface area is 211 Å². The van der Waals surface area contributed by atoms with Crippen LogP contribution in [0.3, 0.4) is 0 Å². The van der Waals surface area contributed by atoms with E-state index in [1.807, 2.05) is 0 Å². The fourth-order valence-corrected chi connectivity index (χ4v) is 4.54. The highest BCUT2D eigenvalue weighted by Gasteiger charge is 2.35. The van der Waals surface area contributed by atoms with Gasteiger partial charge in [-0.2, -0.15) is 13.2 Å². The quantitative estimate of drug-likeness (QED) is 0.378. The van der Waals surface area contributed by atoms with Crippen LogP contribution in [-0.2, 0) is 20.8 Å². The lowest BCUT2D eigenvalue weighted by Gasteiger charge is -2.13. The Balaban J connectivity index is 1.78. The maximum Gasteiger partial charge on any atom is 0.433 e. The maximum absolute atomic E-state index is 13.5. The molecule has 0 aliphatic carbocycles. The SMILES string of the molecule is COc1ccc(NC(=O)CCCS(=O)(=O)c2nc(-c3ccccc3OC)cc(C(F)(F)F)n2)cc1OC. The lowest BCUT2D eigenvalue weighted by atomic mass is 10.1. The van der Waals surface area contributed by atoms with Gasteiger partial charge >= 0.3 is 6.18 Å². The molecule has 0 saturated carbocycles. The molecule has 1 aromatic heterocycles. The van der Waals surface area contributed by atoms with Gasteiger partial charge in [-0.3, -0.25) is 4.79 Å². The monoisotopic (exact) mass is 539 g/mol. The number of anilines is 1. The predicted octanol–water partition coefficient (Wildman–Crippen LogP) is 4.38. The van der Waals surface area contributed by atoms with Crippen molar-refractivity contribution in [2.24, 2.45) is 0 Å². The second-order valence-electron chi connectivity index (χ2n) is 7.66. The summed E-state index contributed by atoms with van der Waals surface area (Å²) in [5.41, 5.74) is -1.10. The van der Waals surface area contributed by atoms with E-state index in [-0.39, 0.29) is 29.8 Å². The lowest BCUT2D eigenvalue weighted by Crippen LogP contribution is -2.18. The van der Waals surface area contributed by atoms with Gasteiger partial charge in [-0.05, 0) is 36.8 Å². The molecule has 198 valence electrons. The summed E-state index contributed by atoms with van der Waals surface area (Å²) in [6.07, 6.45) is -5.31. The maximum atomic E-state index is 13.5. The summed E-state index contributed by atoms with van der Waals surface area (Å²) in [6, 6.07) is 11.5. The standard InChI is InChI=1S/C24H24F3N3O6S/c1-34-18-8-5-4-7-16(18)17-14-21(24(25,26)27)30-23(29-17)37(32,33)12-6-9-22(31)28-15-10-11-19(35-2)20(13-15)36-3/h4-5,7-8,10-11,13-14H,6,9,12H2,1-3H3,(H,28,31). The minimum absolute atomic E-state index is 0.170. The van der Waals surface area contributed by atoms with E-state index in [4.69, 9.17) is 14.2 Å². The molecule has 0 unspecified atom stereocenters. The van der Waals surface area contributed by atoms with E-state index in [0.717, 1.165) is 0 Å². The fraction of sp³-hybridized carbons (Fsp3) is 0.292. The molecular weight excluding hydrogens is 515 g/mol. The van der Waals surface area contributed by atoms with Crippen LogP contribution in [-0.4, -0.2) is 51.4 Å². The van der Waals surface area contributed by atoms with E-state index in [1.54, 1.807) is 24.3 Å². The van der Waals surface area contributed by atoms with Crippen molar-refractivity contribution < 1.29 is 40.6 Å². The molecule has 1 N–H and O–H groups in total. The Morgan fingerprint density at radius 3 is 2.24 bits per heavy atom. The van der Waals surface area contributed by atoms with Crippen LogP contribution in [0.2, 0.25) is 0 Å². The van der Waals surface area contributed by atoms with Crippen LogP contribution in [0.1, 0.15) is 18.5 Å². The number of aromatic nitrogens is 2. The van der Waals surface area contributed by atoms with Crippen LogP contribution in [0.25, 0.3) is 11.3 Å². The normalized spacial score (nSPS) is 11.6. The first-order valence-corrected chi connectivity index (χ1v) is 12.5. The number of ether oxygens (including phenoxy) is 3. The number of hydrogen-bond donors (Lipinski definition) is 1. The van der Waals surface area contributed by atoms with Gasteiger partial charge in [0.25, 0.3) is 0 Å². The molecule has 2 aromatic carbocycles. The average molecular weight is 540 g/mol. The van der Waals surface area contributed by atoms with E-state index in [1.165, 1.54) is 39.5 Å². The number of sulfone groups is 1. The number of hydrogen-bond acceptors (Lipinski definition) is 8. The van der Waals surface area contributed by atoms with Crippen LogP contribution in [0.4, 0.5) is 18.9 Å². The number of carbonyl (C=O) groups is 1. The first kappa shape index (κ1) is 27.7. The van der Waals surface area contributed by atoms with Crippen molar-refractivity contribution in [2.45, 2.75) is 24.2 Å². The van der Waals surface area contributed by atoms with Gasteiger partial charge in [-0.15, -0.1) is 0 Å². The Kier molecular flexibility index (Phi) is 8.58. The number of carbonyl (C=O) groups excluding carboxylic acids is 1. The number of amides is 1. The van der Waals surface area contributed by atoms with Crippen molar-refractivity contribution in [2.75, 3.05) is 32.4 Å². The van der Waals surface area contributed by atoms with Gasteiger partial charge in [0.1, 0.15) is 11.4 Å². The van der Waals surface area contributed by atoms with Crippen LogP contribution >= 0.6 is 0 Å². The van der Waals surface area contributed by atoms with E-state index in [9.17, 15) is 26.4 Å². The van der Waals surface area contributed by atoms with Gasteiger partial charge in [0.15, 0.2) is 11.5 Å². The van der Waals surface area contributed by atoms with Gasteiger partial charge in [-0.1, -0.05) is 12.1 Å². The molecule has 0 bridgehead atoms. The minimum Gasteiger partial charge on any atom is -0.496 e. The van der Waals surface area contributed by atoms with Crippen LogP contribution in [0.15, 0.2) is 53.7 Å². The second kappa shape index (κ2) is 11.5. The molecule has 13 heteroatoms. The third-order valence-electron chi connectivity index (χ3n) is 5.14. The van der Waals surface area contributed by atoms with Gasteiger partial charge in [-0.25, -0.2) is 18.4 Å². The van der Waals surface area contributed by atoms with Crippen LogP contribution in [0, 0.1) is 0 Å². The molecule has 0 atom stereocenters. The molecule has 1 heterocycles. The first-order valence-electron chi connectivity index (χ1n) is 10.8. The van der Waals surface area contributed by atoms with Crippen LogP contribution in [0.5, 0.6) is 17.2 Å². The minimum atomic E-state index is -4.91. The molecule has 0 fully saturated rings. The summed E-state index contributed by atoms with van der Waals surface area (Å²) in [6.45, 7) is 0. The first-order chi connectivity index (χ1) is 17.5. The molecule has 0 aliphatic heterocycles. The highest BCUT2D eigenvalue weighted by Crippen LogP contribution is 2.34. The van der Waals surface area contributed by atoms with Crippen molar-refractivity contribution in [1.82, 2.24) is 9.97 Å². The zero-order valence-electron chi connectivity index (χ0n) is 20.1. The Bertz CT molecular complexity index is 1380.